The highest BCUT2D eigenvalue weighted by atomic mass is 16.6. The van der Waals surface area contributed by atoms with E-state index in [-0.39, 0.29) is 47.5 Å². The normalized spacial score (nSPS) is 10.4. The number of nitro benzene ring substituents is 2. The highest BCUT2D eigenvalue weighted by Crippen LogP contribution is 2.36. The van der Waals surface area contributed by atoms with Gasteiger partial charge in [-0.05, 0) is 25.7 Å². The van der Waals surface area contributed by atoms with Crippen molar-refractivity contribution in [1.82, 2.24) is 0 Å². The number of unbranched alkanes of at least 4 members (excludes halogenated alkanes) is 3. The Bertz CT molecular complexity index is 1130. The molecule has 0 radical (unpaired) electrons. The van der Waals surface area contributed by atoms with Crippen molar-refractivity contribution in [1.29, 1.82) is 0 Å². The van der Waals surface area contributed by atoms with Crippen molar-refractivity contribution in [3.05, 3.63) is 55.6 Å². The molecule has 13 nitrogen and oxygen atoms in total. The lowest BCUT2D eigenvalue weighted by molar-refractivity contribution is -0.385. The summed E-state index contributed by atoms with van der Waals surface area (Å²) in [6, 6.07) is 4.53. The van der Waals surface area contributed by atoms with E-state index in [9.17, 15) is 34.9 Å². The van der Waals surface area contributed by atoms with Gasteiger partial charge in [-0.15, -0.1) is 0 Å². The molecule has 0 bridgehead atoms. The molecule has 0 aliphatic rings. The van der Waals surface area contributed by atoms with Gasteiger partial charge >= 0.3 is 5.97 Å². The van der Waals surface area contributed by atoms with Gasteiger partial charge < -0.3 is 24.1 Å². The van der Waals surface area contributed by atoms with Crippen LogP contribution in [0.1, 0.15) is 59.7 Å². The van der Waals surface area contributed by atoms with Crippen LogP contribution in [0.4, 0.5) is 11.4 Å². The molecule has 0 heterocycles. The minimum absolute atomic E-state index is 0.0800. The second-order valence-corrected chi connectivity index (χ2v) is 7.77. The number of rotatable bonds is 17. The molecule has 1 N–H and O–H groups in total. The van der Waals surface area contributed by atoms with Crippen LogP contribution in [0.15, 0.2) is 24.3 Å². The number of hydrogen-bond acceptors (Lipinski definition) is 10. The van der Waals surface area contributed by atoms with Crippen LogP contribution < -0.4 is 18.9 Å². The molecule has 0 atom stereocenters. The third kappa shape index (κ3) is 8.05. The third-order valence-corrected chi connectivity index (χ3v) is 5.19. The van der Waals surface area contributed by atoms with Crippen LogP contribution >= 0.6 is 0 Å². The number of aldehydes is 1. The molecule has 0 unspecified atom stereocenters. The fourth-order valence-electron chi connectivity index (χ4n) is 3.26. The van der Waals surface area contributed by atoms with E-state index in [0.29, 0.717) is 38.6 Å². The average Bonchev–Trinajstić information content (AvgIpc) is 2.87. The Labute approximate surface area is 212 Å². The zero-order valence-corrected chi connectivity index (χ0v) is 20.5. The molecule has 2 aromatic rings. The summed E-state index contributed by atoms with van der Waals surface area (Å²) in [4.78, 5) is 43.5. The molecule has 0 saturated heterocycles. The van der Waals surface area contributed by atoms with Crippen LogP contribution in [0.2, 0.25) is 0 Å². The van der Waals surface area contributed by atoms with Gasteiger partial charge in [-0.2, -0.15) is 0 Å². The molecule has 0 aliphatic heterocycles. The van der Waals surface area contributed by atoms with E-state index in [4.69, 9.17) is 18.9 Å². The Morgan fingerprint density at radius 2 is 1.35 bits per heavy atom. The van der Waals surface area contributed by atoms with Gasteiger partial charge in [0.05, 0.1) is 54.5 Å². The molecule has 200 valence electrons. The third-order valence-electron chi connectivity index (χ3n) is 5.19. The number of carbonyl (C=O) groups excluding carboxylic acids is 1. The van der Waals surface area contributed by atoms with E-state index in [1.165, 1.54) is 13.2 Å². The molecule has 0 spiro atoms. The summed E-state index contributed by atoms with van der Waals surface area (Å²) >= 11 is 0. The van der Waals surface area contributed by atoms with Crippen molar-refractivity contribution in [3.8, 4) is 23.0 Å². The second kappa shape index (κ2) is 14.2. The van der Waals surface area contributed by atoms with Crippen molar-refractivity contribution in [2.24, 2.45) is 0 Å². The number of ether oxygens (including phenoxy) is 4. The highest BCUT2D eigenvalue weighted by Gasteiger charge is 2.25. The number of carboxylic acid groups (broad SMARTS) is 1. The number of aromatic carboxylic acids is 1. The van der Waals surface area contributed by atoms with E-state index in [1.54, 1.807) is 0 Å². The first kappa shape index (κ1) is 28.8. The number of methoxy groups -OCH3 is 1. The highest BCUT2D eigenvalue weighted by molar-refractivity contribution is 5.93. The monoisotopic (exact) mass is 520 g/mol. The topological polar surface area (TPSA) is 178 Å². The zero-order chi connectivity index (χ0) is 27.4. The largest absolute Gasteiger partial charge is 0.493 e. The second-order valence-electron chi connectivity index (χ2n) is 7.77. The van der Waals surface area contributed by atoms with E-state index in [1.807, 2.05) is 6.92 Å². The van der Waals surface area contributed by atoms with Gasteiger partial charge in [0, 0.05) is 12.1 Å². The maximum Gasteiger partial charge on any atom is 0.342 e. The van der Waals surface area contributed by atoms with E-state index in [0.717, 1.165) is 24.6 Å². The SMILES string of the molecule is CCCCOc1cc(C(=O)O)c([N+](=O)[O-])cc1OCCCCCOc1cc([N+](=O)[O-])c(C=O)cc1OC. The quantitative estimate of drug-likeness (QED) is 0.131. The molecule has 0 saturated carbocycles. The van der Waals surface area contributed by atoms with E-state index in [2.05, 4.69) is 0 Å². The average molecular weight is 520 g/mol. The van der Waals surface area contributed by atoms with Crippen LogP contribution in [-0.4, -0.2) is 54.1 Å². The number of nitro groups is 2. The smallest absolute Gasteiger partial charge is 0.342 e. The molecule has 0 aromatic heterocycles. The predicted octanol–water partition coefficient (Wildman–Crippen LogP) is 4.83. The predicted molar refractivity (Wildman–Crippen MR) is 130 cm³/mol. The molecule has 0 aliphatic carbocycles. The fourth-order valence-corrected chi connectivity index (χ4v) is 3.26. The summed E-state index contributed by atoms with van der Waals surface area (Å²) < 4.78 is 22.0. The Morgan fingerprint density at radius 3 is 1.84 bits per heavy atom. The lowest BCUT2D eigenvalue weighted by atomic mass is 10.1. The maximum absolute atomic E-state index is 11.4. The van der Waals surface area contributed by atoms with Gasteiger partial charge in [0.2, 0.25) is 0 Å². The zero-order valence-electron chi connectivity index (χ0n) is 20.5. The molecular weight excluding hydrogens is 492 g/mol. The number of hydrogen-bond donors (Lipinski definition) is 1. The van der Waals surface area contributed by atoms with Crippen LogP contribution in [0, 0.1) is 20.2 Å². The summed E-state index contributed by atoms with van der Waals surface area (Å²) in [5.41, 5.74) is -1.60. The Hall–Kier alpha value is -4.42. The van der Waals surface area contributed by atoms with Crippen molar-refractivity contribution >= 4 is 23.6 Å². The summed E-state index contributed by atoms with van der Waals surface area (Å²) in [6.45, 7) is 2.64. The minimum atomic E-state index is -1.44. The van der Waals surface area contributed by atoms with Crippen molar-refractivity contribution in [2.45, 2.75) is 39.0 Å². The van der Waals surface area contributed by atoms with Crippen molar-refractivity contribution < 1.29 is 43.5 Å². The van der Waals surface area contributed by atoms with Crippen molar-refractivity contribution in [2.75, 3.05) is 26.9 Å². The van der Waals surface area contributed by atoms with Crippen LogP contribution in [-0.2, 0) is 0 Å². The lowest BCUT2D eigenvalue weighted by Crippen LogP contribution is -2.08. The minimum Gasteiger partial charge on any atom is -0.493 e. The van der Waals surface area contributed by atoms with Crippen LogP contribution in [0.3, 0.4) is 0 Å². The van der Waals surface area contributed by atoms with Gasteiger partial charge in [-0.1, -0.05) is 13.3 Å². The lowest BCUT2D eigenvalue weighted by Gasteiger charge is -2.14. The van der Waals surface area contributed by atoms with Gasteiger partial charge in [0.1, 0.15) is 5.56 Å². The van der Waals surface area contributed by atoms with Crippen LogP contribution in [0.25, 0.3) is 0 Å². The number of benzene rings is 2. The van der Waals surface area contributed by atoms with E-state index >= 15 is 0 Å². The standard InChI is InChI=1S/C24H28N2O11/c1-3-4-8-35-21-12-17(24(28)29)19(26(32)33)14-23(21)37-10-7-5-6-9-36-22-13-18(25(30)31)16(15-27)11-20(22)34-2/h11-15H,3-10H2,1-2H3,(H,28,29). The van der Waals surface area contributed by atoms with Crippen LogP contribution in [0.5, 0.6) is 23.0 Å². The fraction of sp³-hybridized carbons (Fsp3) is 0.417. The van der Waals surface area contributed by atoms with Gasteiger partial charge in [-0.3, -0.25) is 25.0 Å². The Kier molecular flexibility index (Phi) is 11.1. The number of carbonyl (C=O) groups is 2. The Balaban J connectivity index is 1.96. The number of carboxylic acids is 1. The molecule has 37 heavy (non-hydrogen) atoms. The first-order chi connectivity index (χ1) is 17.7. The first-order valence-electron chi connectivity index (χ1n) is 11.5. The first-order valence-corrected chi connectivity index (χ1v) is 11.5. The maximum atomic E-state index is 11.4. The number of nitrogens with zero attached hydrogens (tertiary/aromatic N) is 2. The van der Waals surface area contributed by atoms with Gasteiger partial charge in [-0.25, -0.2) is 4.79 Å². The molecule has 13 heteroatoms. The summed E-state index contributed by atoms with van der Waals surface area (Å²) in [5.74, 6) is -0.918. The molecule has 2 rings (SSSR count). The van der Waals surface area contributed by atoms with Gasteiger partial charge in [0.25, 0.3) is 11.4 Å². The molecule has 0 fully saturated rings. The molecule has 0 amide bonds. The van der Waals surface area contributed by atoms with E-state index < -0.39 is 27.1 Å². The van der Waals surface area contributed by atoms with Gasteiger partial charge in [0.15, 0.2) is 29.3 Å². The van der Waals surface area contributed by atoms with Crippen molar-refractivity contribution in [3.63, 3.8) is 0 Å². The summed E-state index contributed by atoms with van der Waals surface area (Å²) in [6.07, 6.45) is 3.64. The molecular formula is C24H28N2O11. The molecule has 2 aromatic carbocycles. The Morgan fingerprint density at radius 1 is 0.838 bits per heavy atom. The summed E-state index contributed by atoms with van der Waals surface area (Å²) in [5, 5.41) is 31.8. The summed E-state index contributed by atoms with van der Waals surface area (Å²) in [7, 11) is 1.35.